The summed E-state index contributed by atoms with van der Waals surface area (Å²) in [6.07, 6.45) is 7.91. The largest absolute Gasteiger partial charge is 0.465 e. The van der Waals surface area contributed by atoms with Crippen LogP contribution in [-0.4, -0.2) is 63.5 Å². The molecule has 2 aliphatic rings. The van der Waals surface area contributed by atoms with Gasteiger partial charge in [-0.05, 0) is 25.7 Å². The molecule has 2 heterocycles. The van der Waals surface area contributed by atoms with Crippen molar-refractivity contribution in [1.29, 1.82) is 0 Å². The number of hydrogen-bond donors (Lipinski definition) is 2. The minimum Gasteiger partial charge on any atom is -0.465 e. The molecule has 3 amide bonds. The topological polar surface area (TPSA) is 103 Å². The van der Waals surface area contributed by atoms with E-state index in [-0.39, 0.29) is 18.1 Å². The van der Waals surface area contributed by atoms with Crippen molar-refractivity contribution in [2.24, 2.45) is 0 Å². The highest BCUT2D eigenvalue weighted by molar-refractivity contribution is 7.17. The van der Waals surface area contributed by atoms with Gasteiger partial charge in [-0.25, -0.2) is 14.6 Å². The normalized spacial score (nSPS) is 19.2. The first-order valence-corrected chi connectivity index (χ1v) is 9.88. The van der Waals surface area contributed by atoms with E-state index in [1.54, 1.807) is 0 Å². The van der Waals surface area contributed by atoms with Crippen LogP contribution in [0.3, 0.4) is 0 Å². The van der Waals surface area contributed by atoms with E-state index in [0.717, 1.165) is 37.0 Å². The van der Waals surface area contributed by atoms with Crippen molar-refractivity contribution in [1.82, 2.24) is 14.8 Å². The molecule has 1 aromatic rings. The van der Waals surface area contributed by atoms with Crippen molar-refractivity contribution in [3.63, 3.8) is 0 Å². The van der Waals surface area contributed by atoms with Gasteiger partial charge in [-0.2, -0.15) is 0 Å². The van der Waals surface area contributed by atoms with E-state index >= 15 is 0 Å². The van der Waals surface area contributed by atoms with Crippen LogP contribution in [-0.2, 0) is 0 Å². The molecule has 0 bridgehead atoms. The third-order valence-electron chi connectivity index (χ3n) is 5.18. The maximum absolute atomic E-state index is 13.0. The smallest absolute Gasteiger partial charge is 0.407 e. The quantitative estimate of drug-likeness (QED) is 0.781. The number of carboxylic acid groups (broad SMARTS) is 1. The molecule has 0 spiro atoms. The number of nitrogens with zero attached hydrogens (tertiary/aromatic N) is 3. The van der Waals surface area contributed by atoms with E-state index in [1.165, 1.54) is 17.5 Å². The Labute approximate surface area is 156 Å². The number of amides is 3. The zero-order valence-corrected chi connectivity index (χ0v) is 15.4. The molecule has 0 unspecified atom stereocenters. The van der Waals surface area contributed by atoms with Gasteiger partial charge in [0, 0.05) is 25.2 Å². The van der Waals surface area contributed by atoms with E-state index in [1.807, 2.05) is 4.90 Å². The van der Waals surface area contributed by atoms with E-state index < -0.39 is 6.09 Å². The Morgan fingerprint density at radius 3 is 2.42 bits per heavy atom. The van der Waals surface area contributed by atoms with Gasteiger partial charge in [0.1, 0.15) is 0 Å². The highest BCUT2D eigenvalue weighted by Gasteiger charge is 2.35. The second-order valence-electron chi connectivity index (χ2n) is 6.82. The first-order valence-electron chi connectivity index (χ1n) is 9.06. The highest BCUT2D eigenvalue weighted by atomic mass is 32.1. The zero-order chi connectivity index (χ0) is 18.5. The molecule has 26 heavy (non-hydrogen) atoms. The Balaban J connectivity index is 1.71. The lowest BCUT2D eigenvalue weighted by atomic mass is 9.91. The van der Waals surface area contributed by atoms with E-state index in [2.05, 4.69) is 10.3 Å². The van der Waals surface area contributed by atoms with Gasteiger partial charge >= 0.3 is 12.1 Å². The molecule has 1 aliphatic carbocycles. The van der Waals surface area contributed by atoms with Crippen LogP contribution in [0.5, 0.6) is 0 Å². The standard InChI is InChI=1S/C17H24N4O4S/c22-11-14-10-18-15(26-14)19-16(23)21(12-4-2-1-3-5-12)13-6-8-20(9-7-13)17(24)25/h10-13H,1-9H2,(H,24,25)(H,18,19,23). The summed E-state index contributed by atoms with van der Waals surface area (Å²) in [5, 5.41) is 12.4. The monoisotopic (exact) mass is 380 g/mol. The number of carbonyl (C=O) groups is 3. The van der Waals surface area contributed by atoms with Crippen molar-refractivity contribution in [2.45, 2.75) is 57.0 Å². The van der Waals surface area contributed by atoms with Gasteiger partial charge in [0.15, 0.2) is 11.4 Å². The van der Waals surface area contributed by atoms with Crippen molar-refractivity contribution in [2.75, 3.05) is 18.4 Å². The van der Waals surface area contributed by atoms with Crippen molar-refractivity contribution < 1.29 is 19.5 Å². The van der Waals surface area contributed by atoms with Crippen LogP contribution >= 0.6 is 11.3 Å². The Morgan fingerprint density at radius 2 is 1.85 bits per heavy atom. The number of carbonyl (C=O) groups excluding carboxylic acids is 2. The van der Waals surface area contributed by atoms with Crippen LogP contribution in [0.25, 0.3) is 0 Å². The number of anilines is 1. The van der Waals surface area contributed by atoms with Crippen LogP contribution in [0.1, 0.15) is 54.6 Å². The summed E-state index contributed by atoms with van der Waals surface area (Å²) in [7, 11) is 0. The Bertz CT molecular complexity index is 651. The van der Waals surface area contributed by atoms with Gasteiger partial charge in [-0.1, -0.05) is 30.6 Å². The fourth-order valence-corrected chi connectivity index (χ4v) is 4.50. The molecular formula is C17H24N4O4S. The first kappa shape index (κ1) is 18.6. The van der Waals surface area contributed by atoms with E-state index in [9.17, 15) is 14.4 Å². The summed E-state index contributed by atoms with van der Waals surface area (Å²) in [4.78, 5) is 42.8. The predicted octanol–water partition coefficient (Wildman–Crippen LogP) is 3.26. The van der Waals surface area contributed by atoms with Crippen LogP contribution in [0.2, 0.25) is 0 Å². The molecule has 0 radical (unpaired) electrons. The molecule has 1 aromatic heterocycles. The molecule has 142 valence electrons. The number of piperidine rings is 1. The molecule has 2 N–H and O–H groups in total. The molecule has 1 saturated heterocycles. The lowest BCUT2D eigenvalue weighted by molar-refractivity contribution is 0.0825. The molecule has 2 fully saturated rings. The molecule has 8 nitrogen and oxygen atoms in total. The lowest BCUT2D eigenvalue weighted by Crippen LogP contribution is -2.54. The second kappa shape index (κ2) is 8.48. The summed E-state index contributed by atoms with van der Waals surface area (Å²) >= 11 is 1.15. The third kappa shape index (κ3) is 4.32. The maximum atomic E-state index is 13.0. The number of urea groups is 1. The Hall–Kier alpha value is -2.16. The summed E-state index contributed by atoms with van der Waals surface area (Å²) in [5.41, 5.74) is 0. The minimum atomic E-state index is -0.902. The Morgan fingerprint density at radius 1 is 1.19 bits per heavy atom. The van der Waals surface area contributed by atoms with Gasteiger partial charge in [-0.3, -0.25) is 10.1 Å². The number of thiazole rings is 1. The number of nitrogens with one attached hydrogen (secondary N) is 1. The third-order valence-corrected chi connectivity index (χ3v) is 6.02. The van der Waals surface area contributed by atoms with Crippen molar-refractivity contribution in [3.05, 3.63) is 11.1 Å². The molecule has 1 saturated carbocycles. The van der Waals surface area contributed by atoms with Crippen LogP contribution in [0.4, 0.5) is 14.7 Å². The molecular weight excluding hydrogens is 356 g/mol. The van der Waals surface area contributed by atoms with E-state index in [4.69, 9.17) is 5.11 Å². The Kier molecular flexibility index (Phi) is 6.08. The average molecular weight is 380 g/mol. The lowest BCUT2D eigenvalue weighted by Gasteiger charge is -2.43. The number of rotatable bonds is 4. The highest BCUT2D eigenvalue weighted by Crippen LogP contribution is 2.29. The first-order chi connectivity index (χ1) is 12.6. The van der Waals surface area contributed by atoms with E-state index in [0.29, 0.717) is 42.2 Å². The summed E-state index contributed by atoms with van der Waals surface area (Å²) in [6, 6.07) is 0.00677. The molecule has 0 aromatic carbocycles. The van der Waals surface area contributed by atoms with Crippen molar-refractivity contribution >= 4 is 34.9 Å². The average Bonchev–Trinajstić information content (AvgIpc) is 3.11. The number of aromatic nitrogens is 1. The van der Waals surface area contributed by atoms with Gasteiger partial charge < -0.3 is 14.9 Å². The summed E-state index contributed by atoms with van der Waals surface area (Å²) < 4.78 is 0. The molecule has 1 aliphatic heterocycles. The maximum Gasteiger partial charge on any atom is 0.407 e. The summed E-state index contributed by atoms with van der Waals surface area (Å²) in [6.45, 7) is 0.895. The van der Waals surface area contributed by atoms with Gasteiger partial charge in [0.05, 0.1) is 11.1 Å². The van der Waals surface area contributed by atoms with Gasteiger partial charge in [0.2, 0.25) is 0 Å². The van der Waals surface area contributed by atoms with Crippen molar-refractivity contribution in [3.8, 4) is 0 Å². The minimum absolute atomic E-state index is 0.0270. The van der Waals surface area contributed by atoms with Crippen LogP contribution in [0.15, 0.2) is 6.20 Å². The second-order valence-corrected chi connectivity index (χ2v) is 7.88. The SMILES string of the molecule is O=Cc1cnc(NC(=O)N(C2CCCCC2)C2CCN(C(=O)O)CC2)s1. The fraction of sp³-hybridized carbons (Fsp3) is 0.647. The number of likely N-dealkylation sites (tertiary alicyclic amines) is 1. The zero-order valence-electron chi connectivity index (χ0n) is 14.6. The molecule has 9 heteroatoms. The molecule has 0 atom stereocenters. The predicted molar refractivity (Wildman–Crippen MR) is 97.9 cm³/mol. The fourth-order valence-electron chi connectivity index (χ4n) is 3.88. The molecule has 3 rings (SSSR count). The number of hydrogen-bond acceptors (Lipinski definition) is 5. The van der Waals surface area contributed by atoms with Gasteiger partial charge in [-0.15, -0.1) is 0 Å². The van der Waals surface area contributed by atoms with Gasteiger partial charge in [0.25, 0.3) is 0 Å². The number of aldehydes is 1. The summed E-state index contributed by atoms with van der Waals surface area (Å²) in [5.74, 6) is 0. The van der Waals surface area contributed by atoms with Crippen LogP contribution < -0.4 is 5.32 Å². The van der Waals surface area contributed by atoms with Crippen LogP contribution in [0, 0.1) is 0 Å².